The van der Waals surface area contributed by atoms with E-state index >= 15 is 0 Å². The number of furan rings is 2. The molecule has 138 valence electrons. The predicted octanol–water partition coefficient (Wildman–Crippen LogP) is 6.23. The van der Waals surface area contributed by atoms with Gasteiger partial charge in [0, 0.05) is 16.5 Å². The molecule has 0 aliphatic rings. The number of benzene rings is 1. The van der Waals surface area contributed by atoms with E-state index in [1.54, 1.807) is 0 Å². The Morgan fingerprint density at radius 1 is 0.692 bits per heavy atom. The van der Waals surface area contributed by atoms with Crippen LogP contribution in [0.5, 0.6) is 0 Å². The lowest BCUT2D eigenvalue weighted by Gasteiger charge is -2.19. The molecule has 3 nitrogen and oxygen atoms in total. The second kappa shape index (κ2) is 6.39. The highest BCUT2D eigenvalue weighted by Gasteiger charge is 2.29. The quantitative estimate of drug-likeness (QED) is 0.569. The SMILES string of the molecule is CC(C)(C)c1ccc(C(c2ccc(C(C)(C)C)o2)c2ccccc2N)o1. The van der Waals surface area contributed by atoms with Crippen LogP contribution >= 0.6 is 0 Å². The summed E-state index contributed by atoms with van der Waals surface area (Å²) in [7, 11) is 0. The van der Waals surface area contributed by atoms with Crippen molar-refractivity contribution in [3.8, 4) is 0 Å². The maximum Gasteiger partial charge on any atom is 0.119 e. The van der Waals surface area contributed by atoms with Crippen molar-refractivity contribution in [1.82, 2.24) is 0 Å². The standard InChI is InChI=1S/C23H29NO2/c1-22(2,3)19-13-11-17(25-19)21(15-9-7-8-10-16(15)24)18-12-14-20(26-18)23(4,5)6/h7-14,21H,24H2,1-6H3. The molecule has 0 saturated heterocycles. The van der Waals surface area contributed by atoms with Crippen molar-refractivity contribution in [2.75, 3.05) is 5.73 Å². The van der Waals surface area contributed by atoms with E-state index in [0.29, 0.717) is 0 Å². The highest BCUT2D eigenvalue weighted by molar-refractivity contribution is 5.53. The highest BCUT2D eigenvalue weighted by atomic mass is 16.4. The molecule has 2 aromatic heterocycles. The number of nitrogens with two attached hydrogens (primary N) is 1. The van der Waals surface area contributed by atoms with E-state index in [1.165, 1.54) is 0 Å². The van der Waals surface area contributed by atoms with Gasteiger partial charge in [-0.15, -0.1) is 0 Å². The summed E-state index contributed by atoms with van der Waals surface area (Å²) in [5.41, 5.74) is 7.93. The Hall–Kier alpha value is -2.42. The highest BCUT2D eigenvalue weighted by Crippen LogP contribution is 2.39. The minimum Gasteiger partial charge on any atom is -0.464 e. The second-order valence-corrected chi connectivity index (χ2v) is 8.97. The molecule has 26 heavy (non-hydrogen) atoms. The topological polar surface area (TPSA) is 52.3 Å². The van der Waals surface area contributed by atoms with Gasteiger partial charge in [-0.25, -0.2) is 0 Å². The Kier molecular flexibility index (Phi) is 4.51. The van der Waals surface area contributed by atoms with Crippen LogP contribution in [0.4, 0.5) is 5.69 Å². The van der Waals surface area contributed by atoms with Gasteiger partial charge in [0.2, 0.25) is 0 Å². The molecule has 0 radical (unpaired) electrons. The van der Waals surface area contributed by atoms with Crippen LogP contribution in [0.2, 0.25) is 0 Å². The molecule has 3 heteroatoms. The summed E-state index contributed by atoms with van der Waals surface area (Å²) in [6, 6.07) is 16.1. The molecular formula is C23H29NO2. The lowest BCUT2D eigenvalue weighted by molar-refractivity contribution is 0.354. The first kappa shape index (κ1) is 18.4. The summed E-state index contributed by atoms with van der Waals surface area (Å²) >= 11 is 0. The fourth-order valence-electron chi connectivity index (χ4n) is 3.04. The number of hydrogen-bond acceptors (Lipinski definition) is 3. The van der Waals surface area contributed by atoms with Crippen LogP contribution in [0.15, 0.2) is 57.4 Å². The summed E-state index contributed by atoms with van der Waals surface area (Å²) in [6.07, 6.45) is 0. The minimum absolute atomic E-state index is 0.0508. The smallest absolute Gasteiger partial charge is 0.119 e. The zero-order chi connectivity index (χ0) is 19.1. The van der Waals surface area contributed by atoms with Gasteiger partial charge in [0.1, 0.15) is 29.0 Å². The Balaban J connectivity index is 2.13. The van der Waals surface area contributed by atoms with Gasteiger partial charge in [0.05, 0.1) is 0 Å². The third-order valence-electron chi connectivity index (χ3n) is 4.61. The molecule has 0 aliphatic heterocycles. The van der Waals surface area contributed by atoms with Crippen LogP contribution in [0.1, 0.15) is 76.1 Å². The van der Waals surface area contributed by atoms with Gasteiger partial charge in [0.25, 0.3) is 0 Å². The molecular weight excluding hydrogens is 322 g/mol. The first-order chi connectivity index (χ1) is 12.1. The van der Waals surface area contributed by atoms with Crippen LogP contribution in [0, 0.1) is 0 Å². The lowest BCUT2D eigenvalue weighted by atomic mass is 9.92. The average Bonchev–Trinajstić information content (AvgIpc) is 3.18. The molecule has 0 amide bonds. The van der Waals surface area contributed by atoms with Gasteiger partial charge < -0.3 is 14.6 Å². The zero-order valence-corrected chi connectivity index (χ0v) is 16.6. The largest absolute Gasteiger partial charge is 0.464 e. The van der Waals surface area contributed by atoms with Gasteiger partial charge in [-0.3, -0.25) is 0 Å². The van der Waals surface area contributed by atoms with Gasteiger partial charge >= 0.3 is 0 Å². The molecule has 0 atom stereocenters. The van der Waals surface area contributed by atoms with Gasteiger partial charge in [-0.05, 0) is 35.9 Å². The third kappa shape index (κ3) is 3.57. The summed E-state index contributed by atoms with van der Waals surface area (Å²) < 4.78 is 12.5. The van der Waals surface area contributed by atoms with E-state index in [4.69, 9.17) is 14.6 Å². The van der Waals surface area contributed by atoms with Crippen molar-refractivity contribution in [3.63, 3.8) is 0 Å². The molecule has 0 fully saturated rings. The van der Waals surface area contributed by atoms with Gasteiger partial charge in [0.15, 0.2) is 0 Å². The number of para-hydroxylation sites is 1. The molecule has 0 unspecified atom stereocenters. The molecule has 1 aromatic carbocycles. The van der Waals surface area contributed by atoms with Crippen molar-refractivity contribution in [1.29, 1.82) is 0 Å². The van der Waals surface area contributed by atoms with Crippen LogP contribution in [0.3, 0.4) is 0 Å². The Morgan fingerprint density at radius 3 is 1.54 bits per heavy atom. The van der Waals surface area contributed by atoms with E-state index in [1.807, 2.05) is 36.4 Å². The van der Waals surface area contributed by atoms with Crippen LogP contribution < -0.4 is 5.73 Å². The zero-order valence-electron chi connectivity index (χ0n) is 16.6. The fourth-order valence-corrected chi connectivity index (χ4v) is 3.04. The number of nitrogen functional groups attached to an aromatic ring is 1. The first-order valence-electron chi connectivity index (χ1n) is 9.12. The molecule has 0 spiro atoms. The van der Waals surface area contributed by atoms with Crippen molar-refractivity contribution < 1.29 is 8.83 Å². The second-order valence-electron chi connectivity index (χ2n) is 8.97. The molecule has 0 saturated carbocycles. The fraction of sp³-hybridized carbons (Fsp3) is 0.391. The molecule has 0 bridgehead atoms. The molecule has 2 heterocycles. The number of rotatable bonds is 3. The van der Waals surface area contributed by atoms with Crippen LogP contribution in [-0.2, 0) is 10.8 Å². The lowest BCUT2D eigenvalue weighted by Crippen LogP contribution is -2.10. The first-order valence-corrected chi connectivity index (χ1v) is 9.12. The van der Waals surface area contributed by atoms with Gasteiger partial charge in [-0.1, -0.05) is 59.7 Å². The van der Waals surface area contributed by atoms with Crippen molar-refractivity contribution in [2.24, 2.45) is 0 Å². The van der Waals surface area contributed by atoms with Crippen molar-refractivity contribution in [3.05, 3.63) is 77.1 Å². The van der Waals surface area contributed by atoms with Crippen LogP contribution in [0.25, 0.3) is 0 Å². The Morgan fingerprint density at radius 2 is 1.15 bits per heavy atom. The molecule has 2 N–H and O–H groups in total. The average molecular weight is 351 g/mol. The van der Waals surface area contributed by atoms with E-state index in [0.717, 1.165) is 34.3 Å². The van der Waals surface area contributed by atoms with E-state index in [9.17, 15) is 0 Å². The maximum atomic E-state index is 6.30. The Bertz CT molecular complexity index is 835. The van der Waals surface area contributed by atoms with E-state index in [2.05, 4.69) is 53.7 Å². The van der Waals surface area contributed by atoms with E-state index in [-0.39, 0.29) is 16.7 Å². The number of hydrogen-bond donors (Lipinski definition) is 1. The monoisotopic (exact) mass is 351 g/mol. The summed E-state index contributed by atoms with van der Waals surface area (Å²) in [4.78, 5) is 0. The van der Waals surface area contributed by atoms with E-state index < -0.39 is 0 Å². The normalized spacial score (nSPS) is 12.7. The third-order valence-corrected chi connectivity index (χ3v) is 4.61. The summed E-state index contributed by atoms with van der Waals surface area (Å²) in [5, 5.41) is 0. The van der Waals surface area contributed by atoms with Crippen molar-refractivity contribution in [2.45, 2.75) is 58.3 Å². The van der Waals surface area contributed by atoms with Gasteiger partial charge in [-0.2, -0.15) is 0 Å². The molecule has 3 aromatic rings. The summed E-state index contributed by atoms with van der Waals surface area (Å²) in [5.74, 6) is 3.44. The molecule has 0 aliphatic carbocycles. The number of anilines is 1. The minimum atomic E-state index is -0.164. The molecule has 3 rings (SSSR count). The maximum absolute atomic E-state index is 6.30. The predicted molar refractivity (Wildman–Crippen MR) is 107 cm³/mol. The van der Waals surface area contributed by atoms with Crippen LogP contribution in [-0.4, -0.2) is 0 Å². The Labute approximate surface area is 156 Å². The summed E-state index contributed by atoms with van der Waals surface area (Å²) in [6.45, 7) is 12.9. The van der Waals surface area contributed by atoms with Crippen molar-refractivity contribution >= 4 is 5.69 Å².